The Hall–Kier alpha value is -3.43. The molecule has 1 amide bonds. The number of halogens is 3. The number of rotatable bonds is 5. The molecule has 1 aliphatic heterocycles. The van der Waals surface area contributed by atoms with Crippen molar-refractivity contribution < 1.29 is 27.1 Å². The van der Waals surface area contributed by atoms with Gasteiger partial charge in [0, 0.05) is 13.0 Å². The first kappa shape index (κ1) is 19.9. The molecule has 10 heteroatoms. The summed E-state index contributed by atoms with van der Waals surface area (Å²) in [5, 5.41) is 9.53. The molecule has 0 fully saturated rings. The number of ether oxygens (including phenoxy) is 1. The Morgan fingerprint density at radius 3 is 2.73 bits per heavy atom. The first-order chi connectivity index (χ1) is 14.4. The number of amides is 1. The minimum atomic E-state index is -4.52. The maximum absolute atomic E-state index is 13.6. The normalized spacial score (nSPS) is 18.4. The van der Waals surface area contributed by atoms with E-state index < -0.39 is 24.2 Å². The number of alkyl halides is 3. The number of hydrogen-bond acceptors (Lipinski definition) is 5. The minimum Gasteiger partial charge on any atom is -0.497 e. The number of benzene rings is 1. The molecule has 0 spiro atoms. The molecule has 0 unspecified atom stereocenters. The molecule has 3 heterocycles. The molecule has 2 atom stereocenters. The molecule has 1 aromatic carbocycles. The van der Waals surface area contributed by atoms with E-state index in [1.807, 2.05) is 0 Å². The highest BCUT2D eigenvalue weighted by atomic mass is 19.4. The Labute approximate surface area is 169 Å². The van der Waals surface area contributed by atoms with Gasteiger partial charge in [-0.15, -0.1) is 0 Å². The van der Waals surface area contributed by atoms with Crippen molar-refractivity contribution in [3.8, 4) is 5.75 Å². The molecular weight excluding hydrogens is 401 g/mol. The van der Waals surface area contributed by atoms with Gasteiger partial charge in [-0.3, -0.25) is 4.79 Å². The summed E-state index contributed by atoms with van der Waals surface area (Å²) in [6.45, 7) is 0.206. The highest BCUT2D eigenvalue weighted by Gasteiger charge is 2.47. The van der Waals surface area contributed by atoms with E-state index in [-0.39, 0.29) is 24.3 Å². The number of carbonyl (C=O) groups excluding carboxylic acids is 1. The molecule has 0 saturated heterocycles. The van der Waals surface area contributed by atoms with Gasteiger partial charge in [-0.05, 0) is 29.8 Å². The van der Waals surface area contributed by atoms with Crippen LogP contribution in [0.4, 0.5) is 19.0 Å². The van der Waals surface area contributed by atoms with Crippen LogP contribution in [0.25, 0.3) is 0 Å². The Bertz CT molecular complexity index is 1010. The van der Waals surface area contributed by atoms with E-state index in [1.165, 1.54) is 6.26 Å². The molecule has 3 aromatic rings. The Morgan fingerprint density at radius 1 is 1.33 bits per heavy atom. The number of aromatic nitrogens is 2. The van der Waals surface area contributed by atoms with Crippen LogP contribution < -0.4 is 15.4 Å². The molecule has 2 aromatic heterocycles. The smallest absolute Gasteiger partial charge is 0.410 e. The molecule has 1 aliphatic rings. The SMILES string of the molecule is COc1ccc(CNC(=O)c2cnn3c2N[C@@H](c2ccco2)C[C@H]3C(F)(F)F)cc1. The summed E-state index contributed by atoms with van der Waals surface area (Å²) >= 11 is 0. The van der Waals surface area contributed by atoms with Gasteiger partial charge in [-0.25, -0.2) is 4.68 Å². The van der Waals surface area contributed by atoms with Gasteiger partial charge in [-0.2, -0.15) is 18.3 Å². The van der Waals surface area contributed by atoms with Gasteiger partial charge >= 0.3 is 6.18 Å². The summed E-state index contributed by atoms with van der Waals surface area (Å²) in [5.74, 6) is 0.529. The van der Waals surface area contributed by atoms with Crippen molar-refractivity contribution in [3.05, 3.63) is 65.7 Å². The summed E-state index contributed by atoms with van der Waals surface area (Å²) in [6, 6.07) is 7.69. The lowest BCUT2D eigenvalue weighted by atomic mass is 10.0. The zero-order valence-corrected chi connectivity index (χ0v) is 15.9. The maximum Gasteiger partial charge on any atom is 0.410 e. The lowest BCUT2D eigenvalue weighted by molar-refractivity contribution is -0.174. The van der Waals surface area contributed by atoms with E-state index in [4.69, 9.17) is 9.15 Å². The van der Waals surface area contributed by atoms with Crippen LogP contribution in [0.15, 0.2) is 53.3 Å². The second kappa shape index (κ2) is 7.77. The molecular formula is C20H19F3N4O3. The van der Waals surface area contributed by atoms with Crippen LogP contribution in [0, 0.1) is 0 Å². The van der Waals surface area contributed by atoms with Gasteiger partial charge in [0.15, 0.2) is 6.04 Å². The van der Waals surface area contributed by atoms with Gasteiger partial charge in [0.25, 0.3) is 5.91 Å². The second-order valence-corrected chi connectivity index (χ2v) is 6.89. The molecule has 2 N–H and O–H groups in total. The van der Waals surface area contributed by atoms with E-state index in [2.05, 4.69) is 15.7 Å². The lowest BCUT2D eigenvalue weighted by Crippen LogP contribution is -2.36. The van der Waals surface area contributed by atoms with Crippen molar-refractivity contribution in [2.45, 2.75) is 31.2 Å². The van der Waals surface area contributed by atoms with Crippen LogP contribution in [-0.2, 0) is 6.54 Å². The third-order valence-corrected chi connectivity index (χ3v) is 4.98. The number of anilines is 1. The van der Waals surface area contributed by atoms with Crippen molar-refractivity contribution in [2.75, 3.05) is 12.4 Å². The van der Waals surface area contributed by atoms with Crippen LogP contribution >= 0.6 is 0 Å². The summed E-state index contributed by atoms with van der Waals surface area (Å²) in [7, 11) is 1.55. The lowest BCUT2D eigenvalue weighted by Gasteiger charge is -2.32. The molecule has 4 rings (SSSR count). The molecule has 158 valence electrons. The number of nitrogens with zero attached hydrogens (tertiary/aromatic N) is 2. The van der Waals surface area contributed by atoms with Crippen molar-refractivity contribution in [2.24, 2.45) is 0 Å². The molecule has 0 radical (unpaired) electrons. The van der Waals surface area contributed by atoms with E-state index in [9.17, 15) is 18.0 Å². The molecule has 0 aliphatic carbocycles. The van der Waals surface area contributed by atoms with Gasteiger partial charge in [-0.1, -0.05) is 12.1 Å². The highest BCUT2D eigenvalue weighted by Crippen LogP contribution is 2.44. The third-order valence-electron chi connectivity index (χ3n) is 4.98. The van der Waals surface area contributed by atoms with Gasteiger partial charge < -0.3 is 19.8 Å². The quantitative estimate of drug-likeness (QED) is 0.650. The second-order valence-electron chi connectivity index (χ2n) is 6.89. The van der Waals surface area contributed by atoms with Crippen molar-refractivity contribution >= 4 is 11.7 Å². The number of nitrogens with one attached hydrogen (secondary N) is 2. The van der Waals surface area contributed by atoms with Crippen LogP contribution in [-0.4, -0.2) is 29.0 Å². The largest absolute Gasteiger partial charge is 0.497 e. The van der Waals surface area contributed by atoms with Crippen LogP contribution in [0.1, 0.15) is 40.2 Å². The Morgan fingerprint density at radius 2 is 2.10 bits per heavy atom. The number of methoxy groups -OCH3 is 1. The van der Waals surface area contributed by atoms with Gasteiger partial charge in [0.1, 0.15) is 22.9 Å². The summed E-state index contributed by atoms with van der Waals surface area (Å²) in [4.78, 5) is 12.7. The molecule has 0 saturated carbocycles. The fourth-order valence-electron chi connectivity index (χ4n) is 3.43. The zero-order chi connectivity index (χ0) is 21.3. The van der Waals surface area contributed by atoms with E-state index >= 15 is 0 Å². The Balaban J connectivity index is 1.56. The summed E-state index contributed by atoms with van der Waals surface area (Å²) in [5.41, 5.74) is 0.855. The average Bonchev–Trinajstić information content (AvgIpc) is 3.41. The number of hydrogen-bond donors (Lipinski definition) is 2. The average molecular weight is 420 g/mol. The standard InChI is InChI=1S/C20H19F3N4O3/c1-29-13-6-4-12(5-7-13)10-24-19(28)14-11-25-27-17(20(21,22)23)9-15(26-18(14)27)16-3-2-8-30-16/h2-8,11,15,17,26H,9-10H2,1H3,(H,24,28)/t15-,17+/m1/s1. The maximum atomic E-state index is 13.6. The zero-order valence-electron chi connectivity index (χ0n) is 15.9. The van der Waals surface area contributed by atoms with Crippen molar-refractivity contribution in [3.63, 3.8) is 0 Å². The third kappa shape index (κ3) is 3.85. The Kier molecular flexibility index (Phi) is 5.15. The predicted molar refractivity (Wildman–Crippen MR) is 101 cm³/mol. The van der Waals surface area contributed by atoms with E-state index in [0.717, 1.165) is 16.4 Å². The topological polar surface area (TPSA) is 81.3 Å². The van der Waals surface area contributed by atoms with Crippen molar-refractivity contribution in [1.29, 1.82) is 0 Å². The molecule has 7 nitrogen and oxygen atoms in total. The predicted octanol–water partition coefficient (Wildman–Crippen LogP) is 4.08. The monoisotopic (exact) mass is 420 g/mol. The van der Waals surface area contributed by atoms with Crippen LogP contribution in [0.3, 0.4) is 0 Å². The molecule has 0 bridgehead atoms. The van der Waals surface area contributed by atoms with E-state index in [1.54, 1.807) is 43.5 Å². The van der Waals surface area contributed by atoms with Crippen molar-refractivity contribution in [1.82, 2.24) is 15.1 Å². The number of fused-ring (bicyclic) bond motifs is 1. The fourth-order valence-corrected chi connectivity index (χ4v) is 3.43. The van der Waals surface area contributed by atoms with Crippen LogP contribution in [0.5, 0.6) is 5.75 Å². The van der Waals surface area contributed by atoms with Crippen LogP contribution in [0.2, 0.25) is 0 Å². The molecule has 30 heavy (non-hydrogen) atoms. The summed E-state index contributed by atoms with van der Waals surface area (Å²) in [6.07, 6.45) is -2.27. The number of carbonyl (C=O) groups is 1. The first-order valence-electron chi connectivity index (χ1n) is 9.22. The fraction of sp³-hybridized carbons (Fsp3) is 0.300. The number of furan rings is 1. The van der Waals surface area contributed by atoms with E-state index in [0.29, 0.717) is 11.5 Å². The highest BCUT2D eigenvalue weighted by molar-refractivity contribution is 5.98. The van der Waals surface area contributed by atoms with Gasteiger partial charge in [0.05, 0.1) is 25.6 Å². The summed E-state index contributed by atoms with van der Waals surface area (Å²) < 4.78 is 52.1. The first-order valence-corrected chi connectivity index (χ1v) is 9.22. The minimum absolute atomic E-state index is 0.0113. The van der Waals surface area contributed by atoms with Gasteiger partial charge in [0.2, 0.25) is 0 Å².